The third-order valence-electron chi connectivity index (χ3n) is 7.21. The maximum atomic E-state index is 12.5. The summed E-state index contributed by atoms with van der Waals surface area (Å²) in [7, 11) is 0. The number of nitrogens with one attached hydrogen (secondary N) is 1. The Morgan fingerprint density at radius 3 is 2.78 bits per heavy atom. The van der Waals surface area contributed by atoms with Gasteiger partial charge >= 0.3 is 0 Å². The molecule has 4 heteroatoms. The van der Waals surface area contributed by atoms with E-state index in [1.54, 1.807) is 0 Å². The molecule has 1 N–H and O–H groups in total. The van der Waals surface area contributed by atoms with Crippen molar-refractivity contribution in [3.63, 3.8) is 0 Å². The van der Waals surface area contributed by atoms with Gasteiger partial charge < -0.3 is 0 Å². The lowest BCUT2D eigenvalue weighted by Crippen LogP contribution is -2.59. The summed E-state index contributed by atoms with van der Waals surface area (Å²) in [6.45, 7) is 5.36. The molecule has 1 aliphatic heterocycles. The highest BCUT2D eigenvalue weighted by Gasteiger charge is 2.78. The number of hydrazine groups is 1. The molecule has 1 heterocycles. The molecule has 4 bridgehead atoms. The summed E-state index contributed by atoms with van der Waals surface area (Å²) in [5.41, 5.74) is 3.65. The van der Waals surface area contributed by atoms with Crippen LogP contribution in [0.1, 0.15) is 38.7 Å². The van der Waals surface area contributed by atoms with E-state index in [0.717, 1.165) is 24.9 Å². The molecule has 3 aliphatic rings. The normalized spacial score (nSPS) is 41.0. The third kappa shape index (κ3) is 1.66. The van der Waals surface area contributed by atoms with Gasteiger partial charge in [0.05, 0.1) is 12.5 Å². The van der Waals surface area contributed by atoms with Gasteiger partial charge in [-0.15, -0.1) is 0 Å². The van der Waals surface area contributed by atoms with Crippen LogP contribution in [0.2, 0.25) is 0 Å². The third-order valence-corrected chi connectivity index (χ3v) is 7.21. The minimum Gasteiger partial charge on any atom is -0.287 e. The predicted molar refractivity (Wildman–Crippen MR) is 86.9 cm³/mol. The molecule has 0 unspecified atom stereocenters. The van der Waals surface area contributed by atoms with Crippen molar-refractivity contribution in [2.75, 3.05) is 6.54 Å². The van der Waals surface area contributed by atoms with Gasteiger partial charge in [-0.2, -0.15) is 10.3 Å². The van der Waals surface area contributed by atoms with Crippen LogP contribution in [0.4, 0.5) is 0 Å². The van der Waals surface area contributed by atoms with Crippen LogP contribution in [0.5, 0.6) is 0 Å². The van der Waals surface area contributed by atoms with Crippen molar-refractivity contribution in [1.82, 2.24) is 10.4 Å². The van der Waals surface area contributed by atoms with E-state index >= 15 is 0 Å². The zero-order chi connectivity index (χ0) is 16.3. The van der Waals surface area contributed by atoms with Gasteiger partial charge in [0.1, 0.15) is 5.54 Å². The molecule has 2 aliphatic carbocycles. The monoisotopic (exact) mass is 309 g/mol. The van der Waals surface area contributed by atoms with Gasteiger partial charge in [0.15, 0.2) is 0 Å². The van der Waals surface area contributed by atoms with Crippen LogP contribution in [0.15, 0.2) is 30.3 Å². The number of carbonyl (C=O) groups is 1. The molecule has 0 radical (unpaired) electrons. The van der Waals surface area contributed by atoms with E-state index < -0.39 is 5.54 Å². The SMILES string of the molecule is C[C@@]12CC[C@H]3C[C@]1(C#N)N(NC(=O)Cc1ccccc1)C[C@]32C. The molecule has 1 saturated heterocycles. The molecule has 120 valence electrons. The van der Waals surface area contributed by atoms with Crippen LogP contribution < -0.4 is 5.43 Å². The topological polar surface area (TPSA) is 56.1 Å². The van der Waals surface area contributed by atoms with Crippen LogP contribution >= 0.6 is 0 Å². The Morgan fingerprint density at radius 1 is 1.39 bits per heavy atom. The molecule has 23 heavy (non-hydrogen) atoms. The number of hydrogen-bond acceptors (Lipinski definition) is 3. The molecule has 4 atom stereocenters. The first kappa shape index (κ1) is 14.7. The number of piperidine rings is 1. The molecular weight excluding hydrogens is 286 g/mol. The molecule has 0 spiro atoms. The highest BCUT2D eigenvalue weighted by atomic mass is 16.2. The van der Waals surface area contributed by atoms with Crippen LogP contribution in [0.3, 0.4) is 0 Å². The fraction of sp³-hybridized carbons (Fsp3) is 0.579. The Morgan fingerprint density at radius 2 is 2.13 bits per heavy atom. The zero-order valence-electron chi connectivity index (χ0n) is 13.8. The highest BCUT2D eigenvalue weighted by Crippen LogP contribution is 2.75. The van der Waals surface area contributed by atoms with Crippen molar-refractivity contribution in [2.24, 2.45) is 16.7 Å². The van der Waals surface area contributed by atoms with Crippen LogP contribution in [0, 0.1) is 28.1 Å². The number of carbonyl (C=O) groups excluding carboxylic acids is 1. The van der Waals surface area contributed by atoms with E-state index in [0.29, 0.717) is 12.3 Å². The zero-order valence-corrected chi connectivity index (χ0v) is 13.8. The summed E-state index contributed by atoms with van der Waals surface area (Å²) in [6, 6.07) is 12.3. The van der Waals surface area contributed by atoms with E-state index in [4.69, 9.17) is 0 Å². The van der Waals surface area contributed by atoms with E-state index in [1.807, 2.05) is 35.3 Å². The van der Waals surface area contributed by atoms with Gasteiger partial charge in [-0.05, 0) is 36.2 Å². The Balaban J connectivity index is 1.55. The minimum atomic E-state index is -0.531. The number of nitriles is 1. The van der Waals surface area contributed by atoms with Crippen molar-refractivity contribution in [1.29, 1.82) is 5.26 Å². The van der Waals surface area contributed by atoms with Gasteiger partial charge in [-0.1, -0.05) is 44.2 Å². The standard InChI is InChI=1S/C19H23N3O/c1-17-13-22(21-16(23)10-14-6-4-3-5-7-14)19(12-20)11-15(17)8-9-18(17,19)2/h3-7,15H,8-11,13H2,1-2H3,(H,21,23)/t15-,17+,18-,19+/m0/s1. The first-order valence-corrected chi connectivity index (χ1v) is 8.47. The van der Waals surface area contributed by atoms with Crippen molar-refractivity contribution >= 4 is 5.91 Å². The summed E-state index contributed by atoms with van der Waals surface area (Å²) >= 11 is 0. The lowest BCUT2D eigenvalue weighted by molar-refractivity contribution is -0.128. The lowest BCUT2D eigenvalue weighted by Gasteiger charge is -2.42. The number of hydrogen-bond donors (Lipinski definition) is 1. The van der Waals surface area contributed by atoms with E-state index in [9.17, 15) is 10.1 Å². The van der Waals surface area contributed by atoms with Crippen molar-refractivity contribution in [3.8, 4) is 6.07 Å². The number of benzene rings is 1. The minimum absolute atomic E-state index is 0.0144. The second-order valence-corrected chi connectivity index (χ2v) is 7.94. The molecule has 3 fully saturated rings. The first-order chi connectivity index (χ1) is 11.0. The van der Waals surface area contributed by atoms with Crippen LogP contribution in [-0.2, 0) is 11.2 Å². The number of nitrogens with zero attached hydrogens (tertiary/aromatic N) is 2. The largest absolute Gasteiger partial charge is 0.287 e. The molecule has 2 saturated carbocycles. The van der Waals surface area contributed by atoms with Gasteiger partial charge in [0, 0.05) is 12.0 Å². The smallest absolute Gasteiger partial charge is 0.238 e. The van der Waals surface area contributed by atoms with Gasteiger partial charge in [-0.3, -0.25) is 10.2 Å². The average Bonchev–Trinajstić information content (AvgIpc) is 2.97. The van der Waals surface area contributed by atoms with Gasteiger partial charge in [-0.25, -0.2) is 0 Å². The van der Waals surface area contributed by atoms with E-state index in [1.165, 1.54) is 6.42 Å². The van der Waals surface area contributed by atoms with Gasteiger partial charge in [0.2, 0.25) is 5.91 Å². The summed E-state index contributed by atoms with van der Waals surface area (Å²) in [6.07, 6.45) is 3.56. The van der Waals surface area contributed by atoms with E-state index in [-0.39, 0.29) is 16.7 Å². The van der Waals surface area contributed by atoms with Gasteiger partial charge in [0.25, 0.3) is 0 Å². The molecule has 1 amide bonds. The molecule has 4 rings (SSSR count). The van der Waals surface area contributed by atoms with Crippen molar-refractivity contribution in [2.45, 2.75) is 45.1 Å². The molecule has 1 aromatic carbocycles. The first-order valence-electron chi connectivity index (χ1n) is 8.47. The number of rotatable bonds is 3. The lowest BCUT2D eigenvalue weighted by atomic mass is 9.66. The second-order valence-electron chi connectivity index (χ2n) is 7.94. The molecule has 4 nitrogen and oxygen atoms in total. The fourth-order valence-corrected chi connectivity index (χ4v) is 5.62. The Kier molecular flexibility index (Phi) is 2.93. The molecule has 1 aromatic rings. The maximum absolute atomic E-state index is 12.5. The second kappa shape index (κ2) is 4.58. The summed E-state index contributed by atoms with van der Waals surface area (Å²) in [5.74, 6) is 0.593. The summed E-state index contributed by atoms with van der Waals surface area (Å²) in [5, 5.41) is 11.9. The van der Waals surface area contributed by atoms with Crippen LogP contribution in [-0.4, -0.2) is 23.0 Å². The maximum Gasteiger partial charge on any atom is 0.238 e. The summed E-state index contributed by atoms with van der Waals surface area (Å²) < 4.78 is 0. The summed E-state index contributed by atoms with van der Waals surface area (Å²) in [4.78, 5) is 12.5. The number of amides is 1. The van der Waals surface area contributed by atoms with Crippen molar-refractivity contribution < 1.29 is 4.79 Å². The quantitative estimate of drug-likeness (QED) is 0.934. The van der Waals surface area contributed by atoms with Crippen molar-refractivity contribution in [3.05, 3.63) is 35.9 Å². The Bertz CT molecular complexity index is 696. The average molecular weight is 309 g/mol. The fourth-order valence-electron chi connectivity index (χ4n) is 5.62. The van der Waals surface area contributed by atoms with Crippen LogP contribution in [0.25, 0.3) is 0 Å². The molecule has 0 aromatic heterocycles. The molecular formula is C19H23N3O. The highest BCUT2D eigenvalue weighted by molar-refractivity contribution is 5.78. The Hall–Kier alpha value is -1.86. The van der Waals surface area contributed by atoms with E-state index in [2.05, 4.69) is 25.3 Å². The Labute approximate surface area is 137 Å². The predicted octanol–water partition coefficient (Wildman–Crippen LogP) is 2.66.